The average Bonchev–Trinajstić information content (AvgIpc) is 2.90. The monoisotopic (exact) mass is 494 g/mol. The van der Waals surface area contributed by atoms with E-state index in [1.54, 1.807) is 37.7 Å². The van der Waals surface area contributed by atoms with Crippen LogP contribution in [0.3, 0.4) is 0 Å². The molecule has 2 fully saturated rings. The number of aromatic nitrogens is 4. The van der Waals surface area contributed by atoms with Crippen LogP contribution in [-0.4, -0.2) is 70.3 Å². The number of pyridine rings is 1. The average molecular weight is 495 g/mol. The molecule has 2 bridgehead atoms. The van der Waals surface area contributed by atoms with Gasteiger partial charge in [-0.3, -0.25) is 0 Å². The quantitative estimate of drug-likeness (QED) is 0.530. The van der Waals surface area contributed by atoms with E-state index in [0.29, 0.717) is 35.5 Å². The van der Waals surface area contributed by atoms with E-state index in [4.69, 9.17) is 9.47 Å². The first kappa shape index (κ1) is 24.2. The summed E-state index contributed by atoms with van der Waals surface area (Å²) in [5.74, 6) is 1.67. The van der Waals surface area contributed by atoms with E-state index in [1.165, 1.54) is 7.11 Å². The fourth-order valence-corrected chi connectivity index (χ4v) is 5.42. The van der Waals surface area contributed by atoms with Crippen molar-refractivity contribution in [3.8, 4) is 39.9 Å². The molecule has 3 aromatic rings. The largest absolute Gasteiger partial charge is 0.507 e. The van der Waals surface area contributed by atoms with E-state index in [0.717, 1.165) is 30.4 Å². The van der Waals surface area contributed by atoms with E-state index in [-0.39, 0.29) is 17.6 Å². The van der Waals surface area contributed by atoms with E-state index in [9.17, 15) is 5.11 Å². The zero-order valence-corrected chi connectivity index (χ0v) is 20.9. The van der Waals surface area contributed by atoms with Crippen LogP contribution in [0.5, 0.6) is 17.4 Å². The third-order valence-corrected chi connectivity index (χ3v) is 7.47. The molecule has 0 spiro atoms. The van der Waals surface area contributed by atoms with Gasteiger partial charge >= 0.3 is 0 Å². The van der Waals surface area contributed by atoms with Gasteiger partial charge in [-0.25, -0.2) is 14.4 Å². The van der Waals surface area contributed by atoms with Crippen molar-refractivity contribution in [2.75, 3.05) is 26.2 Å². The number of methoxy groups -OCH3 is 2. The molecule has 0 radical (unpaired) electrons. The highest BCUT2D eigenvalue weighted by Gasteiger charge is 2.49. The Balaban J connectivity index is 1.36. The molecule has 2 N–H and O–H groups in total. The molecule has 36 heavy (non-hydrogen) atoms. The maximum atomic E-state index is 15.5. The van der Waals surface area contributed by atoms with Crippen LogP contribution in [0.15, 0.2) is 36.7 Å². The standard InChI is InChI=1S/C26H31FN6O3/c1-26-9-5-6-17(30-26)12-19(23(26)27)33(2)22-14-28-24(32-31-22)18-8-7-15(10-20(18)34)16-11-21(35-3)25(36-4)29-13-16/h7-8,10-11,13-14,17,19,23,30,34H,5-6,9,12H2,1-4H3/t17-,19-,23-,26+/m0/s1. The smallest absolute Gasteiger partial charge is 0.256 e. The molecule has 2 aromatic heterocycles. The molecule has 1 aromatic carbocycles. The first-order chi connectivity index (χ1) is 17.3. The third-order valence-electron chi connectivity index (χ3n) is 7.47. The summed E-state index contributed by atoms with van der Waals surface area (Å²) < 4.78 is 26.0. The normalized spacial score (nSPS) is 25.3. The molecular formula is C26H31FN6O3. The van der Waals surface area contributed by atoms with Crippen LogP contribution in [0, 0.1) is 0 Å². The van der Waals surface area contributed by atoms with Crippen LogP contribution < -0.4 is 19.7 Å². The molecule has 4 atom stereocenters. The number of nitrogens with zero attached hydrogens (tertiary/aromatic N) is 5. The van der Waals surface area contributed by atoms with Gasteiger partial charge in [0.15, 0.2) is 17.4 Å². The van der Waals surface area contributed by atoms with E-state index in [2.05, 4.69) is 25.5 Å². The summed E-state index contributed by atoms with van der Waals surface area (Å²) >= 11 is 0. The zero-order chi connectivity index (χ0) is 25.4. The van der Waals surface area contributed by atoms with Crippen molar-refractivity contribution >= 4 is 5.82 Å². The van der Waals surface area contributed by atoms with Crippen LogP contribution in [0.25, 0.3) is 22.5 Å². The zero-order valence-electron chi connectivity index (χ0n) is 20.9. The molecule has 190 valence electrons. The summed E-state index contributed by atoms with van der Waals surface area (Å²) in [6, 6.07) is 6.98. The predicted octanol–water partition coefficient (Wildman–Crippen LogP) is 3.77. The number of rotatable bonds is 6. The van der Waals surface area contributed by atoms with Crippen LogP contribution in [0.2, 0.25) is 0 Å². The Morgan fingerprint density at radius 2 is 1.94 bits per heavy atom. The van der Waals surface area contributed by atoms with Gasteiger partial charge in [-0.1, -0.05) is 6.07 Å². The van der Waals surface area contributed by atoms with Crippen molar-refractivity contribution in [1.29, 1.82) is 0 Å². The summed E-state index contributed by atoms with van der Waals surface area (Å²) in [6.45, 7) is 1.97. The number of benzene rings is 1. The highest BCUT2D eigenvalue weighted by Crippen LogP contribution is 2.39. The van der Waals surface area contributed by atoms with Gasteiger partial charge in [0.25, 0.3) is 5.88 Å². The summed E-state index contributed by atoms with van der Waals surface area (Å²) in [5.41, 5.74) is 1.43. The van der Waals surface area contributed by atoms with Gasteiger partial charge < -0.3 is 24.8 Å². The molecule has 10 heteroatoms. The second kappa shape index (κ2) is 9.50. The highest BCUT2D eigenvalue weighted by molar-refractivity contribution is 5.73. The number of piperidine rings is 2. The highest BCUT2D eigenvalue weighted by atomic mass is 19.1. The summed E-state index contributed by atoms with van der Waals surface area (Å²) in [5, 5.41) is 22.8. The van der Waals surface area contributed by atoms with Crippen molar-refractivity contribution < 1.29 is 19.0 Å². The fraction of sp³-hybridized carbons (Fsp3) is 0.462. The van der Waals surface area contributed by atoms with Crippen molar-refractivity contribution in [1.82, 2.24) is 25.5 Å². The molecule has 4 heterocycles. The van der Waals surface area contributed by atoms with Crippen LogP contribution in [0.4, 0.5) is 10.2 Å². The molecule has 5 rings (SSSR count). The van der Waals surface area contributed by atoms with E-state index in [1.807, 2.05) is 24.9 Å². The number of phenols is 1. The van der Waals surface area contributed by atoms with Crippen molar-refractivity contribution in [3.63, 3.8) is 0 Å². The number of ether oxygens (including phenoxy) is 2. The number of aromatic hydroxyl groups is 1. The van der Waals surface area contributed by atoms with Crippen molar-refractivity contribution in [2.45, 2.75) is 56.4 Å². The van der Waals surface area contributed by atoms with Gasteiger partial charge in [0.2, 0.25) is 0 Å². The van der Waals surface area contributed by atoms with Gasteiger partial charge in [0.1, 0.15) is 11.9 Å². The minimum Gasteiger partial charge on any atom is -0.507 e. The lowest BCUT2D eigenvalue weighted by molar-refractivity contribution is 0.0405. The number of fused-ring (bicyclic) bond motifs is 2. The Morgan fingerprint density at radius 1 is 1.11 bits per heavy atom. The Morgan fingerprint density at radius 3 is 2.64 bits per heavy atom. The number of anilines is 1. The summed E-state index contributed by atoms with van der Waals surface area (Å²) in [6.07, 6.45) is 5.85. The second-order valence-electron chi connectivity index (χ2n) is 9.77. The van der Waals surface area contributed by atoms with Crippen molar-refractivity contribution in [2.24, 2.45) is 0 Å². The Hall–Kier alpha value is -3.53. The minimum absolute atomic E-state index is 0.00752. The summed E-state index contributed by atoms with van der Waals surface area (Å²) in [4.78, 5) is 10.5. The number of phenolic OH excluding ortho intramolecular Hbond substituents is 1. The topological polar surface area (TPSA) is 106 Å². The molecule has 0 aliphatic carbocycles. The van der Waals surface area contributed by atoms with Crippen LogP contribution in [-0.2, 0) is 0 Å². The molecule has 9 nitrogen and oxygen atoms in total. The molecule has 2 aliphatic rings. The molecule has 0 saturated carbocycles. The van der Waals surface area contributed by atoms with Gasteiger partial charge in [-0.05, 0) is 56.4 Å². The van der Waals surface area contributed by atoms with Gasteiger partial charge in [-0.15, -0.1) is 10.2 Å². The maximum absolute atomic E-state index is 15.5. The number of hydrogen-bond donors (Lipinski definition) is 2. The Bertz CT molecular complexity index is 1240. The third kappa shape index (κ3) is 4.30. The Kier molecular flexibility index (Phi) is 6.38. The molecular weight excluding hydrogens is 463 g/mol. The van der Waals surface area contributed by atoms with Gasteiger partial charge in [0.05, 0.1) is 32.0 Å². The lowest BCUT2D eigenvalue weighted by Crippen LogP contribution is -2.68. The van der Waals surface area contributed by atoms with E-state index < -0.39 is 11.7 Å². The maximum Gasteiger partial charge on any atom is 0.256 e. The Labute approximate surface area is 209 Å². The number of nitrogens with one attached hydrogen (secondary N) is 1. The SMILES string of the molecule is COc1cc(-c2ccc(-c3ncc(N(C)[C@H]4C[C@@H]5CCC[C@@](C)(N5)[C@H]4F)nn3)c(O)c2)cnc1OC. The molecule has 2 aliphatic heterocycles. The number of alkyl halides is 1. The first-order valence-corrected chi connectivity index (χ1v) is 12.1. The predicted molar refractivity (Wildman–Crippen MR) is 134 cm³/mol. The van der Waals surface area contributed by atoms with E-state index >= 15 is 4.39 Å². The molecule has 2 saturated heterocycles. The summed E-state index contributed by atoms with van der Waals surface area (Å²) in [7, 11) is 4.91. The lowest BCUT2D eigenvalue weighted by Gasteiger charge is -2.52. The number of hydrogen-bond acceptors (Lipinski definition) is 9. The van der Waals surface area contributed by atoms with Crippen molar-refractivity contribution in [3.05, 3.63) is 36.7 Å². The van der Waals surface area contributed by atoms with Crippen LogP contribution >= 0.6 is 0 Å². The lowest BCUT2D eigenvalue weighted by atomic mass is 9.73. The van der Waals surface area contributed by atoms with Crippen LogP contribution in [0.1, 0.15) is 32.6 Å². The fourth-order valence-electron chi connectivity index (χ4n) is 5.42. The minimum atomic E-state index is -1.02. The second-order valence-corrected chi connectivity index (χ2v) is 9.77. The first-order valence-electron chi connectivity index (χ1n) is 12.1. The molecule has 0 unspecified atom stereocenters. The molecule has 0 amide bonds. The number of halogens is 1. The van der Waals surface area contributed by atoms with Gasteiger partial charge in [-0.2, -0.15) is 0 Å². The van der Waals surface area contributed by atoms with Gasteiger partial charge in [0, 0.05) is 30.4 Å².